The van der Waals surface area contributed by atoms with E-state index in [1.807, 2.05) is 60.0 Å². The van der Waals surface area contributed by atoms with Crippen LogP contribution in [-0.4, -0.2) is 15.4 Å². The molecular weight excluding hydrogens is 338 g/mol. The highest BCUT2D eigenvalue weighted by Gasteiger charge is 2.20. The Kier molecular flexibility index (Phi) is 5.43. The minimum Gasteiger partial charge on any atom is -0.350 e. The van der Waals surface area contributed by atoms with E-state index in [1.165, 1.54) is 0 Å². The molecule has 24 heavy (non-hydrogen) atoms. The second kappa shape index (κ2) is 7.73. The summed E-state index contributed by atoms with van der Waals surface area (Å²) < 4.78 is 12.6. The van der Waals surface area contributed by atoms with Crippen molar-refractivity contribution in [3.05, 3.63) is 70.4 Å². The molecule has 0 unspecified atom stereocenters. The molecular formula is C19H19NO2S2. The van der Waals surface area contributed by atoms with E-state index < -0.39 is 16.0 Å². The average molecular weight is 358 g/mol. The fourth-order valence-electron chi connectivity index (χ4n) is 2.55. The van der Waals surface area contributed by atoms with Crippen molar-refractivity contribution < 1.29 is 9.00 Å². The standard InChI is InChI=1S/C19H19NO2S2/c1-14(19(21)20-12-17-9-5-11-23-17)24(22)13-16-8-4-7-15-6-2-3-10-18(15)16/h2-11,14H,12-13H2,1H3,(H,20,21)/t14-,24-/m0/s1. The number of thiophene rings is 1. The summed E-state index contributed by atoms with van der Waals surface area (Å²) in [5.74, 6) is 0.219. The van der Waals surface area contributed by atoms with Gasteiger partial charge in [-0.1, -0.05) is 48.5 Å². The molecule has 3 nitrogen and oxygen atoms in total. The maximum Gasteiger partial charge on any atom is 0.235 e. The predicted molar refractivity (Wildman–Crippen MR) is 101 cm³/mol. The Morgan fingerprint density at radius 1 is 1.12 bits per heavy atom. The van der Waals surface area contributed by atoms with Crippen molar-refractivity contribution in [2.24, 2.45) is 0 Å². The Bertz CT molecular complexity index is 853. The van der Waals surface area contributed by atoms with Gasteiger partial charge in [-0.2, -0.15) is 0 Å². The van der Waals surface area contributed by atoms with Crippen LogP contribution in [0.1, 0.15) is 17.4 Å². The molecule has 2 aromatic carbocycles. The number of carbonyl (C=O) groups is 1. The van der Waals surface area contributed by atoms with Crippen molar-refractivity contribution in [2.75, 3.05) is 0 Å². The number of hydrogen-bond donors (Lipinski definition) is 1. The number of amides is 1. The molecule has 1 heterocycles. The van der Waals surface area contributed by atoms with Crippen LogP contribution in [0.15, 0.2) is 60.0 Å². The normalized spacial score (nSPS) is 13.5. The first-order valence-electron chi connectivity index (χ1n) is 7.79. The fraction of sp³-hybridized carbons (Fsp3) is 0.211. The van der Waals surface area contributed by atoms with Crippen molar-refractivity contribution in [1.29, 1.82) is 0 Å². The largest absolute Gasteiger partial charge is 0.350 e. The van der Waals surface area contributed by atoms with Crippen LogP contribution in [0.5, 0.6) is 0 Å². The van der Waals surface area contributed by atoms with Crippen molar-refractivity contribution in [2.45, 2.75) is 24.5 Å². The highest BCUT2D eigenvalue weighted by molar-refractivity contribution is 7.85. The lowest BCUT2D eigenvalue weighted by Crippen LogP contribution is -2.35. The SMILES string of the molecule is C[C@@H](C(=O)NCc1cccs1)[S@@](=O)Cc1cccc2ccccc12. The van der Waals surface area contributed by atoms with Gasteiger partial charge in [0.25, 0.3) is 0 Å². The maximum absolute atomic E-state index is 12.6. The van der Waals surface area contributed by atoms with Crippen LogP contribution in [0.25, 0.3) is 10.8 Å². The molecule has 0 aliphatic rings. The predicted octanol–water partition coefficient (Wildman–Crippen LogP) is 3.85. The van der Waals surface area contributed by atoms with Crippen LogP contribution in [0.4, 0.5) is 0 Å². The first-order valence-corrected chi connectivity index (χ1v) is 10.1. The van der Waals surface area contributed by atoms with E-state index in [4.69, 9.17) is 0 Å². The maximum atomic E-state index is 12.6. The Morgan fingerprint density at radius 2 is 1.92 bits per heavy atom. The smallest absolute Gasteiger partial charge is 0.235 e. The molecule has 1 amide bonds. The molecule has 0 radical (unpaired) electrons. The lowest BCUT2D eigenvalue weighted by molar-refractivity contribution is -0.120. The van der Waals surface area contributed by atoms with Gasteiger partial charge in [-0.3, -0.25) is 9.00 Å². The monoisotopic (exact) mass is 357 g/mol. The van der Waals surface area contributed by atoms with E-state index in [2.05, 4.69) is 5.32 Å². The van der Waals surface area contributed by atoms with Gasteiger partial charge >= 0.3 is 0 Å². The van der Waals surface area contributed by atoms with Gasteiger partial charge in [-0.15, -0.1) is 11.3 Å². The second-order valence-corrected chi connectivity index (χ2v) is 8.39. The van der Waals surface area contributed by atoms with Crippen molar-refractivity contribution in [3.8, 4) is 0 Å². The van der Waals surface area contributed by atoms with E-state index in [0.717, 1.165) is 21.2 Å². The minimum absolute atomic E-state index is 0.165. The lowest BCUT2D eigenvalue weighted by atomic mass is 10.1. The van der Waals surface area contributed by atoms with Crippen LogP contribution in [-0.2, 0) is 27.9 Å². The first-order chi connectivity index (χ1) is 11.6. The molecule has 0 aliphatic carbocycles. The average Bonchev–Trinajstić information content (AvgIpc) is 3.13. The van der Waals surface area contributed by atoms with Gasteiger partial charge in [0.1, 0.15) is 5.25 Å². The lowest BCUT2D eigenvalue weighted by Gasteiger charge is -2.13. The molecule has 0 saturated carbocycles. The minimum atomic E-state index is -1.26. The molecule has 0 saturated heterocycles. The number of carbonyl (C=O) groups excluding carboxylic acids is 1. The van der Waals surface area contributed by atoms with Gasteiger partial charge in [0.2, 0.25) is 5.91 Å². The number of hydrogen-bond acceptors (Lipinski definition) is 3. The summed E-state index contributed by atoms with van der Waals surface area (Å²) in [5.41, 5.74) is 1.02. The topological polar surface area (TPSA) is 46.2 Å². The van der Waals surface area contributed by atoms with Gasteiger partial charge < -0.3 is 5.32 Å². The van der Waals surface area contributed by atoms with E-state index in [0.29, 0.717) is 12.3 Å². The molecule has 5 heteroatoms. The Morgan fingerprint density at radius 3 is 2.71 bits per heavy atom. The van der Waals surface area contributed by atoms with Crippen LogP contribution in [0.2, 0.25) is 0 Å². The third kappa shape index (κ3) is 3.91. The molecule has 3 aromatic rings. The van der Waals surface area contributed by atoms with Crippen LogP contribution < -0.4 is 5.32 Å². The number of fused-ring (bicyclic) bond motifs is 1. The molecule has 1 N–H and O–H groups in total. The molecule has 1 aromatic heterocycles. The van der Waals surface area contributed by atoms with Crippen molar-refractivity contribution in [1.82, 2.24) is 5.32 Å². The quantitative estimate of drug-likeness (QED) is 0.728. The summed E-state index contributed by atoms with van der Waals surface area (Å²) in [4.78, 5) is 13.3. The van der Waals surface area contributed by atoms with Gasteiger partial charge in [0.05, 0.1) is 6.54 Å². The van der Waals surface area contributed by atoms with E-state index in [9.17, 15) is 9.00 Å². The van der Waals surface area contributed by atoms with E-state index >= 15 is 0 Å². The first kappa shape index (κ1) is 16.9. The second-order valence-electron chi connectivity index (χ2n) is 5.60. The van der Waals surface area contributed by atoms with E-state index in [-0.39, 0.29) is 5.91 Å². The Labute approximate surface area is 148 Å². The number of nitrogens with one attached hydrogen (secondary N) is 1. The zero-order valence-corrected chi connectivity index (χ0v) is 15.0. The summed E-state index contributed by atoms with van der Waals surface area (Å²) in [5, 5.41) is 6.53. The van der Waals surface area contributed by atoms with Crippen molar-refractivity contribution in [3.63, 3.8) is 0 Å². The van der Waals surface area contributed by atoms with Gasteiger partial charge in [0, 0.05) is 21.4 Å². The van der Waals surface area contributed by atoms with Crippen molar-refractivity contribution >= 4 is 38.8 Å². The molecule has 0 fully saturated rings. The zero-order valence-electron chi connectivity index (χ0n) is 13.4. The highest BCUT2D eigenvalue weighted by Crippen LogP contribution is 2.20. The van der Waals surface area contributed by atoms with Gasteiger partial charge in [0.15, 0.2) is 0 Å². The molecule has 0 aliphatic heterocycles. The zero-order chi connectivity index (χ0) is 16.9. The van der Waals surface area contributed by atoms with Gasteiger partial charge in [-0.05, 0) is 34.7 Å². The summed E-state index contributed by atoms with van der Waals surface area (Å²) in [6.45, 7) is 2.22. The third-order valence-electron chi connectivity index (χ3n) is 3.96. The summed E-state index contributed by atoms with van der Waals surface area (Å²) in [6, 6.07) is 18.0. The van der Waals surface area contributed by atoms with Crippen LogP contribution >= 0.6 is 11.3 Å². The molecule has 0 spiro atoms. The Hall–Kier alpha value is -1.98. The van der Waals surface area contributed by atoms with Crippen LogP contribution in [0.3, 0.4) is 0 Å². The summed E-state index contributed by atoms with van der Waals surface area (Å²) in [7, 11) is -1.26. The highest BCUT2D eigenvalue weighted by atomic mass is 32.2. The fourth-order valence-corrected chi connectivity index (χ4v) is 4.32. The number of rotatable bonds is 6. The molecule has 0 bridgehead atoms. The summed E-state index contributed by atoms with van der Waals surface area (Å²) >= 11 is 1.60. The molecule has 2 atom stereocenters. The molecule has 3 rings (SSSR count). The Balaban J connectivity index is 1.66. The summed E-state index contributed by atoms with van der Waals surface area (Å²) in [6.07, 6.45) is 0. The van der Waals surface area contributed by atoms with Gasteiger partial charge in [-0.25, -0.2) is 0 Å². The van der Waals surface area contributed by atoms with E-state index in [1.54, 1.807) is 18.3 Å². The number of benzene rings is 2. The van der Waals surface area contributed by atoms with Crippen LogP contribution in [0, 0.1) is 0 Å². The molecule has 124 valence electrons. The third-order valence-corrected chi connectivity index (χ3v) is 6.43.